The molecule has 1 aromatic heterocycles. The first-order chi connectivity index (χ1) is 9.22. The normalized spacial score (nSPS) is 10.8. The Morgan fingerprint density at radius 2 is 2.26 bits per heavy atom. The molecule has 19 heavy (non-hydrogen) atoms. The fourth-order valence-corrected chi connectivity index (χ4v) is 2.17. The van der Waals surface area contributed by atoms with E-state index in [1.165, 1.54) is 0 Å². The van der Waals surface area contributed by atoms with Crippen molar-refractivity contribution in [3.05, 3.63) is 30.0 Å². The van der Waals surface area contributed by atoms with Crippen molar-refractivity contribution in [3.8, 4) is 18.1 Å². The molecule has 2 aromatic rings. The van der Waals surface area contributed by atoms with Crippen LogP contribution in [0.15, 0.2) is 24.3 Å². The molecule has 0 unspecified atom stereocenters. The van der Waals surface area contributed by atoms with Crippen molar-refractivity contribution in [2.45, 2.75) is 6.54 Å². The molecule has 2 rings (SSSR count). The summed E-state index contributed by atoms with van der Waals surface area (Å²) in [5.74, 6) is 3.54. The van der Waals surface area contributed by atoms with Crippen LogP contribution in [0.4, 0.5) is 0 Å². The summed E-state index contributed by atoms with van der Waals surface area (Å²) in [6.07, 6.45) is 5.30. The lowest BCUT2D eigenvalue weighted by Gasteiger charge is -2.10. The highest BCUT2D eigenvalue weighted by atomic mass is 79.9. The Bertz CT molecular complexity index is 585. The number of nitrogens with one attached hydrogen (secondary N) is 1. The first-order valence-electron chi connectivity index (χ1n) is 6.15. The Hall–Kier alpha value is -1.44. The van der Waals surface area contributed by atoms with Crippen LogP contribution in [0.1, 0.15) is 5.69 Å². The van der Waals surface area contributed by atoms with Gasteiger partial charge in [-0.2, -0.15) is 0 Å². The molecule has 3 nitrogen and oxygen atoms in total. The highest BCUT2D eigenvalue weighted by molar-refractivity contribution is 9.09. The molecular formula is C15H17BrN2O. The molecular weight excluding hydrogens is 304 g/mol. The number of H-pyrrole nitrogens is 1. The van der Waals surface area contributed by atoms with Crippen molar-refractivity contribution in [1.29, 1.82) is 0 Å². The molecule has 100 valence electrons. The molecule has 1 aromatic carbocycles. The highest BCUT2D eigenvalue weighted by Crippen LogP contribution is 2.22. The minimum atomic E-state index is 0.648. The lowest BCUT2D eigenvalue weighted by Crippen LogP contribution is -2.17. The topological polar surface area (TPSA) is 28.3 Å². The molecule has 0 aliphatic rings. The van der Waals surface area contributed by atoms with Crippen LogP contribution in [0, 0.1) is 12.3 Å². The zero-order chi connectivity index (χ0) is 13.7. The maximum atomic E-state index is 5.59. The van der Waals surface area contributed by atoms with Gasteiger partial charge < -0.3 is 9.72 Å². The number of ether oxygens (including phenoxy) is 1. The molecule has 1 N–H and O–H groups in total. The summed E-state index contributed by atoms with van der Waals surface area (Å²) in [5, 5.41) is 2.00. The predicted molar refractivity (Wildman–Crippen MR) is 82.8 cm³/mol. The van der Waals surface area contributed by atoms with Crippen LogP contribution in [0.2, 0.25) is 0 Å². The van der Waals surface area contributed by atoms with E-state index in [2.05, 4.69) is 43.9 Å². The van der Waals surface area contributed by atoms with Gasteiger partial charge in [0, 0.05) is 28.5 Å². The zero-order valence-electron chi connectivity index (χ0n) is 10.9. The van der Waals surface area contributed by atoms with Crippen LogP contribution in [0.3, 0.4) is 0 Å². The number of aromatic nitrogens is 1. The number of hydrogen-bond acceptors (Lipinski definition) is 2. The lowest BCUT2D eigenvalue weighted by atomic mass is 10.2. The van der Waals surface area contributed by atoms with Crippen molar-refractivity contribution in [2.24, 2.45) is 0 Å². The predicted octanol–water partition coefficient (Wildman–Crippen LogP) is 3.01. The summed E-state index contributed by atoms with van der Waals surface area (Å²) in [4.78, 5) is 5.48. The fraction of sp³-hybridized carbons (Fsp3) is 0.333. The first kappa shape index (κ1) is 14.0. The molecule has 0 spiro atoms. The second-order valence-electron chi connectivity index (χ2n) is 4.46. The van der Waals surface area contributed by atoms with Gasteiger partial charge in [0.15, 0.2) is 0 Å². The standard InChI is InChI=1S/C15H17BrN2O/c1-3-7-18(2)11-13-9-12-10-14(19-8-6-16)4-5-15(12)17-13/h1,4-5,9-10,17H,6-8,11H2,2H3. The Balaban J connectivity index is 2.14. The quantitative estimate of drug-likeness (QED) is 0.654. The maximum Gasteiger partial charge on any atom is 0.120 e. The van der Waals surface area contributed by atoms with Gasteiger partial charge in [-0.25, -0.2) is 0 Å². The molecule has 0 aliphatic heterocycles. The Morgan fingerprint density at radius 3 is 3.00 bits per heavy atom. The van der Waals surface area contributed by atoms with Crippen LogP contribution < -0.4 is 4.74 Å². The molecule has 4 heteroatoms. The van der Waals surface area contributed by atoms with Crippen LogP contribution in [0.25, 0.3) is 10.9 Å². The summed E-state index contributed by atoms with van der Waals surface area (Å²) in [7, 11) is 2.01. The van der Waals surface area contributed by atoms with Crippen molar-refractivity contribution in [1.82, 2.24) is 9.88 Å². The van der Waals surface area contributed by atoms with Gasteiger partial charge in [-0.3, -0.25) is 4.90 Å². The van der Waals surface area contributed by atoms with Crippen LogP contribution in [0.5, 0.6) is 5.75 Å². The Kier molecular flexibility index (Phi) is 4.89. The zero-order valence-corrected chi connectivity index (χ0v) is 12.5. The molecule has 0 radical (unpaired) electrons. The molecule has 0 bridgehead atoms. The van der Waals surface area contributed by atoms with Gasteiger partial charge in [0.25, 0.3) is 0 Å². The maximum absolute atomic E-state index is 5.59. The summed E-state index contributed by atoms with van der Waals surface area (Å²) in [6, 6.07) is 8.22. The number of fused-ring (bicyclic) bond motifs is 1. The highest BCUT2D eigenvalue weighted by Gasteiger charge is 2.05. The van der Waals surface area contributed by atoms with Gasteiger partial charge in [-0.05, 0) is 31.3 Å². The largest absolute Gasteiger partial charge is 0.493 e. The van der Waals surface area contributed by atoms with Gasteiger partial charge in [0.05, 0.1) is 13.2 Å². The van der Waals surface area contributed by atoms with Crippen molar-refractivity contribution >= 4 is 26.8 Å². The third-order valence-electron chi connectivity index (χ3n) is 2.80. The van der Waals surface area contributed by atoms with E-state index >= 15 is 0 Å². The number of alkyl halides is 1. The summed E-state index contributed by atoms with van der Waals surface area (Å²) < 4.78 is 5.59. The second-order valence-corrected chi connectivity index (χ2v) is 5.25. The third kappa shape index (κ3) is 3.76. The van der Waals surface area contributed by atoms with Crippen LogP contribution in [-0.4, -0.2) is 35.4 Å². The average Bonchev–Trinajstić information content (AvgIpc) is 2.77. The van der Waals surface area contributed by atoms with Gasteiger partial charge in [0.2, 0.25) is 0 Å². The third-order valence-corrected chi connectivity index (χ3v) is 3.12. The number of benzene rings is 1. The molecule has 0 atom stereocenters. The summed E-state index contributed by atoms with van der Waals surface area (Å²) >= 11 is 3.35. The monoisotopic (exact) mass is 320 g/mol. The first-order valence-corrected chi connectivity index (χ1v) is 7.27. The van der Waals surface area contributed by atoms with E-state index in [0.29, 0.717) is 13.2 Å². The molecule has 0 fully saturated rings. The van der Waals surface area contributed by atoms with E-state index < -0.39 is 0 Å². The Labute approximate surface area is 122 Å². The van der Waals surface area contributed by atoms with Crippen LogP contribution in [-0.2, 0) is 6.54 Å². The second kappa shape index (κ2) is 6.65. The van der Waals surface area contributed by atoms with Gasteiger partial charge in [0.1, 0.15) is 5.75 Å². The van der Waals surface area contributed by atoms with E-state index in [-0.39, 0.29) is 0 Å². The van der Waals surface area contributed by atoms with Crippen molar-refractivity contribution < 1.29 is 4.74 Å². The SMILES string of the molecule is C#CCN(C)Cc1cc2cc(OCCBr)ccc2[nH]1. The Morgan fingerprint density at radius 1 is 1.42 bits per heavy atom. The van der Waals surface area contributed by atoms with E-state index in [4.69, 9.17) is 11.2 Å². The number of terminal acetylenes is 1. The number of aromatic amines is 1. The molecule has 0 saturated heterocycles. The minimum Gasteiger partial charge on any atom is -0.493 e. The molecule has 0 aliphatic carbocycles. The average molecular weight is 321 g/mol. The van der Waals surface area contributed by atoms with E-state index in [1.54, 1.807) is 0 Å². The smallest absolute Gasteiger partial charge is 0.120 e. The number of rotatable bonds is 6. The van der Waals surface area contributed by atoms with Gasteiger partial charge >= 0.3 is 0 Å². The van der Waals surface area contributed by atoms with Gasteiger partial charge in [-0.1, -0.05) is 21.9 Å². The minimum absolute atomic E-state index is 0.648. The number of halogens is 1. The van der Waals surface area contributed by atoms with Crippen molar-refractivity contribution in [2.75, 3.05) is 25.5 Å². The number of nitrogens with zero attached hydrogens (tertiary/aromatic N) is 1. The van der Waals surface area contributed by atoms with E-state index in [0.717, 1.165) is 34.2 Å². The van der Waals surface area contributed by atoms with Crippen LogP contribution >= 0.6 is 15.9 Å². The summed E-state index contributed by atoms with van der Waals surface area (Å²) in [6.45, 7) is 2.14. The van der Waals surface area contributed by atoms with Gasteiger partial charge in [-0.15, -0.1) is 6.42 Å². The lowest BCUT2D eigenvalue weighted by molar-refractivity contribution is 0.345. The fourth-order valence-electron chi connectivity index (χ4n) is 2.00. The van der Waals surface area contributed by atoms with E-state index in [9.17, 15) is 0 Å². The molecule has 0 amide bonds. The molecule has 1 heterocycles. The van der Waals surface area contributed by atoms with E-state index in [1.807, 2.05) is 19.2 Å². The summed E-state index contributed by atoms with van der Waals surface area (Å²) in [5.41, 5.74) is 2.28. The molecule has 0 saturated carbocycles. The number of hydrogen-bond donors (Lipinski definition) is 1. The van der Waals surface area contributed by atoms with Crippen molar-refractivity contribution in [3.63, 3.8) is 0 Å².